The third kappa shape index (κ3) is 3.45. The maximum absolute atomic E-state index is 12.0. The number of carbonyl (C=O) groups excluding carboxylic acids is 1. The summed E-state index contributed by atoms with van der Waals surface area (Å²) < 4.78 is 0. The van der Waals surface area contributed by atoms with Gasteiger partial charge in [0.15, 0.2) is 0 Å². The first kappa shape index (κ1) is 13.3. The Morgan fingerprint density at radius 1 is 1.28 bits per heavy atom. The zero-order valence-corrected chi connectivity index (χ0v) is 11.0. The molecule has 1 N–H and O–H groups in total. The molecular formula is C13H22N2O3. The zero-order chi connectivity index (χ0) is 13.1. The van der Waals surface area contributed by atoms with Crippen molar-refractivity contribution in [3.05, 3.63) is 0 Å². The molecule has 0 spiro atoms. The van der Waals surface area contributed by atoms with Crippen molar-refractivity contribution < 1.29 is 14.7 Å². The number of piperidine rings is 1. The van der Waals surface area contributed by atoms with Gasteiger partial charge in [-0.15, -0.1) is 0 Å². The van der Waals surface area contributed by atoms with Crippen molar-refractivity contribution in [1.29, 1.82) is 0 Å². The topological polar surface area (TPSA) is 60.9 Å². The summed E-state index contributed by atoms with van der Waals surface area (Å²) in [4.78, 5) is 26.7. The second kappa shape index (κ2) is 5.69. The van der Waals surface area contributed by atoms with E-state index in [-0.39, 0.29) is 12.5 Å². The molecule has 0 aromatic carbocycles. The number of carbonyl (C=O) groups is 2. The van der Waals surface area contributed by atoms with E-state index in [1.54, 1.807) is 4.90 Å². The van der Waals surface area contributed by atoms with Crippen LogP contribution >= 0.6 is 0 Å². The van der Waals surface area contributed by atoms with Crippen LogP contribution in [0.5, 0.6) is 0 Å². The first-order valence-electron chi connectivity index (χ1n) is 6.78. The van der Waals surface area contributed by atoms with Gasteiger partial charge in [-0.25, -0.2) is 0 Å². The molecule has 1 atom stereocenters. The van der Waals surface area contributed by atoms with Crippen molar-refractivity contribution in [3.8, 4) is 0 Å². The van der Waals surface area contributed by atoms with Gasteiger partial charge in [-0.05, 0) is 38.1 Å². The number of hydrogen-bond donors (Lipinski definition) is 1. The van der Waals surface area contributed by atoms with E-state index in [2.05, 4.69) is 0 Å². The van der Waals surface area contributed by atoms with Crippen molar-refractivity contribution in [2.24, 2.45) is 5.92 Å². The van der Waals surface area contributed by atoms with Gasteiger partial charge in [-0.3, -0.25) is 14.5 Å². The van der Waals surface area contributed by atoms with E-state index in [1.807, 2.05) is 11.9 Å². The summed E-state index contributed by atoms with van der Waals surface area (Å²) in [6, 6.07) is -0.475. The van der Waals surface area contributed by atoms with Crippen LogP contribution in [0.2, 0.25) is 0 Å². The summed E-state index contributed by atoms with van der Waals surface area (Å²) in [5.41, 5.74) is 0. The Morgan fingerprint density at radius 3 is 2.61 bits per heavy atom. The average Bonchev–Trinajstić information content (AvgIpc) is 3.13. The maximum Gasteiger partial charge on any atom is 0.320 e. The average molecular weight is 254 g/mol. The lowest BCUT2D eigenvalue weighted by atomic mass is 10.0. The molecule has 1 aliphatic heterocycles. The van der Waals surface area contributed by atoms with E-state index in [9.17, 15) is 9.59 Å². The number of carboxylic acids is 1. The summed E-state index contributed by atoms with van der Waals surface area (Å²) >= 11 is 0. The molecule has 1 saturated carbocycles. The number of carboxylic acid groups (broad SMARTS) is 1. The van der Waals surface area contributed by atoms with E-state index < -0.39 is 12.0 Å². The van der Waals surface area contributed by atoms with Gasteiger partial charge in [-0.2, -0.15) is 0 Å². The van der Waals surface area contributed by atoms with Gasteiger partial charge in [0.05, 0.1) is 6.54 Å². The minimum atomic E-state index is -0.799. The molecule has 0 bridgehead atoms. The highest BCUT2D eigenvalue weighted by Crippen LogP contribution is 2.29. The predicted octanol–water partition coefficient (Wildman–Crippen LogP) is 0.794. The molecule has 102 valence electrons. The number of likely N-dealkylation sites (tertiary alicyclic amines) is 1. The van der Waals surface area contributed by atoms with Gasteiger partial charge in [0.2, 0.25) is 5.91 Å². The van der Waals surface area contributed by atoms with Gasteiger partial charge in [0.1, 0.15) is 6.04 Å². The lowest BCUT2D eigenvalue weighted by Crippen LogP contribution is -2.49. The second-order valence-corrected chi connectivity index (χ2v) is 5.54. The van der Waals surface area contributed by atoms with Crippen molar-refractivity contribution in [2.75, 3.05) is 26.7 Å². The summed E-state index contributed by atoms with van der Waals surface area (Å²) in [6.45, 7) is 1.80. The smallest absolute Gasteiger partial charge is 0.320 e. The second-order valence-electron chi connectivity index (χ2n) is 5.54. The first-order chi connectivity index (χ1) is 8.58. The summed E-state index contributed by atoms with van der Waals surface area (Å²) in [5.74, 6) is -0.0713. The molecule has 1 aliphatic carbocycles. The minimum Gasteiger partial charge on any atom is -0.480 e. The van der Waals surface area contributed by atoms with Crippen molar-refractivity contribution in [2.45, 2.75) is 38.1 Å². The van der Waals surface area contributed by atoms with E-state index in [0.29, 0.717) is 12.3 Å². The molecule has 5 heteroatoms. The Labute approximate surface area is 108 Å². The fourth-order valence-electron chi connectivity index (χ4n) is 2.54. The third-order valence-corrected chi connectivity index (χ3v) is 3.89. The SMILES string of the molecule is CN(CC1CC1)C(=O)CN1CCCCC1C(=O)O. The van der Waals surface area contributed by atoms with Crippen LogP contribution < -0.4 is 0 Å². The molecule has 1 heterocycles. The Hall–Kier alpha value is -1.10. The van der Waals surface area contributed by atoms with Crippen LogP contribution in [0.1, 0.15) is 32.1 Å². The number of aliphatic carboxylic acids is 1. The highest BCUT2D eigenvalue weighted by Gasteiger charge is 2.31. The van der Waals surface area contributed by atoms with Crippen LogP contribution in [0.25, 0.3) is 0 Å². The Kier molecular flexibility index (Phi) is 4.22. The lowest BCUT2D eigenvalue weighted by molar-refractivity contribution is -0.146. The molecule has 5 nitrogen and oxygen atoms in total. The molecule has 0 aromatic rings. The highest BCUT2D eigenvalue weighted by atomic mass is 16.4. The van der Waals surface area contributed by atoms with Crippen LogP contribution in [-0.2, 0) is 9.59 Å². The number of nitrogens with zero attached hydrogens (tertiary/aromatic N) is 2. The zero-order valence-electron chi connectivity index (χ0n) is 11.0. The Balaban J connectivity index is 1.85. The standard InChI is InChI=1S/C13H22N2O3/c1-14(8-10-5-6-10)12(16)9-15-7-3-2-4-11(15)13(17)18/h10-11H,2-9H2,1H3,(H,17,18). The largest absolute Gasteiger partial charge is 0.480 e. The first-order valence-corrected chi connectivity index (χ1v) is 6.78. The van der Waals surface area contributed by atoms with Crippen LogP contribution in [0, 0.1) is 5.92 Å². The number of rotatable bonds is 5. The predicted molar refractivity (Wildman–Crippen MR) is 67.2 cm³/mol. The molecule has 2 rings (SSSR count). The number of likely N-dealkylation sites (N-methyl/N-ethyl adjacent to an activating group) is 1. The van der Waals surface area contributed by atoms with E-state index >= 15 is 0 Å². The molecule has 1 amide bonds. The van der Waals surface area contributed by atoms with Crippen LogP contribution in [0.4, 0.5) is 0 Å². The maximum atomic E-state index is 12.0. The molecular weight excluding hydrogens is 232 g/mol. The highest BCUT2D eigenvalue weighted by molar-refractivity contribution is 5.80. The molecule has 2 aliphatic rings. The lowest BCUT2D eigenvalue weighted by Gasteiger charge is -2.33. The summed E-state index contributed by atoms with van der Waals surface area (Å²) in [7, 11) is 1.82. The van der Waals surface area contributed by atoms with E-state index in [0.717, 1.165) is 25.9 Å². The monoisotopic (exact) mass is 254 g/mol. The van der Waals surface area contributed by atoms with Gasteiger partial charge in [-0.1, -0.05) is 6.42 Å². The molecule has 1 unspecified atom stereocenters. The van der Waals surface area contributed by atoms with E-state index in [4.69, 9.17) is 5.11 Å². The summed E-state index contributed by atoms with van der Waals surface area (Å²) in [6.07, 6.45) is 5.04. The number of hydrogen-bond acceptors (Lipinski definition) is 3. The fraction of sp³-hybridized carbons (Fsp3) is 0.846. The quantitative estimate of drug-likeness (QED) is 0.788. The van der Waals surface area contributed by atoms with E-state index in [1.165, 1.54) is 12.8 Å². The minimum absolute atomic E-state index is 0.0510. The van der Waals surface area contributed by atoms with Gasteiger partial charge in [0, 0.05) is 13.6 Å². The molecule has 2 fully saturated rings. The molecule has 0 aromatic heterocycles. The van der Waals surface area contributed by atoms with Crippen LogP contribution in [-0.4, -0.2) is 59.5 Å². The number of amides is 1. The van der Waals surface area contributed by atoms with Crippen molar-refractivity contribution >= 4 is 11.9 Å². The normalized spacial score (nSPS) is 24.8. The third-order valence-electron chi connectivity index (χ3n) is 3.89. The van der Waals surface area contributed by atoms with Crippen LogP contribution in [0.3, 0.4) is 0 Å². The molecule has 18 heavy (non-hydrogen) atoms. The van der Waals surface area contributed by atoms with Gasteiger partial charge in [0.25, 0.3) is 0 Å². The summed E-state index contributed by atoms with van der Waals surface area (Å²) in [5, 5.41) is 9.15. The van der Waals surface area contributed by atoms with Crippen molar-refractivity contribution in [3.63, 3.8) is 0 Å². The molecule has 0 radical (unpaired) electrons. The Morgan fingerprint density at radius 2 is 2.00 bits per heavy atom. The fourth-order valence-corrected chi connectivity index (χ4v) is 2.54. The van der Waals surface area contributed by atoms with Crippen LogP contribution in [0.15, 0.2) is 0 Å². The van der Waals surface area contributed by atoms with Crippen molar-refractivity contribution in [1.82, 2.24) is 9.80 Å². The Bertz CT molecular complexity index is 328. The van der Waals surface area contributed by atoms with Gasteiger partial charge >= 0.3 is 5.97 Å². The molecule has 1 saturated heterocycles. The van der Waals surface area contributed by atoms with Gasteiger partial charge < -0.3 is 10.0 Å².